The van der Waals surface area contributed by atoms with E-state index in [4.69, 9.17) is 21.7 Å². The Morgan fingerprint density at radius 3 is 2.54 bits per heavy atom. The first-order valence-electron chi connectivity index (χ1n) is 8.84. The van der Waals surface area contributed by atoms with Gasteiger partial charge in [0.05, 0.1) is 14.2 Å². The van der Waals surface area contributed by atoms with Gasteiger partial charge in [-0.25, -0.2) is 0 Å². The Balaban J connectivity index is 1.96. The molecule has 0 heterocycles. The molecule has 0 spiro atoms. The Morgan fingerprint density at radius 2 is 1.86 bits per heavy atom. The molecule has 28 heavy (non-hydrogen) atoms. The SMILES string of the molecule is CCc1cccc(C)c1NC(=S)NNC(=O)/C=C/c1cccc(OC)c1OC. The third kappa shape index (κ3) is 5.47. The van der Waals surface area contributed by atoms with Crippen LogP contribution < -0.4 is 25.6 Å². The Hall–Kier alpha value is -3.06. The standard InChI is InChI=1S/C21H25N3O3S/c1-5-15-9-6-8-14(2)19(15)22-21(28)24-23-18(25)13-12-16-10-7-11-17(26-3)20(16)27-4/h6-13H,5H2,1-4H3,(H,23,25)(H2,22,24,28)/b13-12+. The fourth-order valence-corrected chi connectivity index (χ4v) is 2.87. The molecule has 2 aromatic carbocycles. The molecule has 0 radical (unpaired) electrons. The van der Waals surface area contributed by atoms with Crippen LogP contribution in [-0.2, 0) is 11.2 Å². The van der Waals surface area contributed by atoms with E-state index in [2.05, 4.69) is 23.1 Å². The summed E-state index contributed by atoms with van der Waals surface area (Å²) in [5.41, 5.74) is 9.17. The van der Waals surface area contributed by atoms with Crippen molar-refractivity contribution in [3.63, 3.8) is 0 Å². The van der Waals surface area contributed by atoms with Crippen LogP contribution in [0.15, 0.2) is 42.5 Å². The largest absolute Gasteiger partial charge is 0.493 e. The van der Waals surface area contributed by atoms with Crippen LogP contribution in [0.4, 0.5) is 5.69 Å². The van der Waals surface area contributed by atoms with Crippen LogP contribution in [-0.4, -0.2) is 25.2 Å². The first kappa shape index (κ1) is 21.2. The fraction of sp³-hybridized carbons (Fsp3) is 0.238. The minimum atomic E-state index is -0.352. The van der Waals surface area contributed by atoms with Crippen LogP contribution in [0.1, 0.15) is 23.6 Å². The van der Waals surface area contributed by atoms with Crippen LogP contribution in [0.2, 0.25) is 0 Å². The number of methoxy groups -OCH3 is 2. The van der Waals surface area contributed by atoms with Crippen LogP contribution in [0.3, 0.4) is 0 Å². The summed E-state index contributed by atoms with van der Waals surface area (Å²) in [6, 6.07) is 11.5. The van der Waals surface area contributed by atoms with Crippen LogP contribution >= 0.6 is 12.2 Å². The average molecular weight is 400 g/mol. The Labute approximate surface area is 170 Å². The van der Waals surface area contributed by atoms with Gasteiger partial charge in [0, 0.05) is 17.3 Å². The zero-order valence-corrected chi connectivity index (χ0v) is 17.3. The van der Waals surface area contributed by atoms with E-state index in [1.54, 1.807) is 26.4 Å². The summed E-state index contributed by atoms with van der Waals surface area (Å²) in [6.45, 7) is 4.09. The summed E-state index contributed by atoms with van der Waals surface area (Å²) < 4.78 is 10.6. The predicted octanol–water partition coefficient (Wildman–Crippen LogP) is 3.61. The van der Waals surface area contributed by atoms with E-state index in [1.165, 1.54) is 6.08 Å². The second-order valence-corrected chi connectivity index (χ2v) is 6.36. The maximum atomic E-state index is 12.1. The van der Waals surface area contributed by atoms with Crippen molar-refractivity contribution in [1.29, 1.82) is 0 Å². The third-order valence-corrected chi connectivity index (χ3v) is 4.33. The van der Waals surface area contributed by atoms with Crippen molar-refractivity contribution in [3.8, 4) is 11.5 Å². The highest BCUT2D eigenvalue weighted by Crippen LogP contribution is 2.31. The molecule has 0 saturated carbocycles. The molecule has 0 atom stereocenters. The maximum absolute atomic E-state index is 12.1. The monoisotopic (exact) mass is 399 g/mol. The molecular formula is C21H25N3O3S. The van der Waals surface area contributed by atoms with Gasteiger partial charge in [-0.2, -0.15) is 0 Å². The average Bonchev–Trinajstić information content (AvgIpc) is 2.71. The van der Waals surface area contributed by atoms with Gasteiger partial charge in [0.25, 0.3) is 5.91 Å². The van der Waals surface area contributed by atoms with Gasteiger partial charge in [0.1, 0.15) is 0 Å². The molecule has 0 saturated heterocycles. The third-order valence-electron chi connectivity index (χ3n) is 4.13. The normalized spacial score (nSPS) is 10.4. The number of benzene rings is 2. The Bertz CT molecular complexity index is 881. The quantitative estimate of drug-likeness (QED) is 0.392. The summed E-state index contributed by atoms with van der Waals surface area (Å²) in [5, 5.41) is 3.45. The zero-order valence-electron chi connectivity index (χ0n) is 16.5. The number of carbonyl (C=O) groups is 1. The number of carbonyl (C=O) groups excluding carboxylic acids is 1. The maximum Gasteiger partial charge on any atom is 0.262 e. The van der Waals surface area contributed by atoms with E-state index < -0.39 is 0 Å². The number of anilines is 1. The molecule has 2 rings (SSSR count). The lowest BCUT2D eigenvalue weighted by Gasteiger charge is -2.15. The molecule has 6 nitrogen and oxygen atoms in total. The summed E-state index contributed by atoms with van der Waals surface area (Å²) in [5.74, 6) is 0.805. The number of ether oxygens (including phenoxy) is 2. The topological polar surface area (TPSA) is 71.6 Å². The molecule has 148 valence electrons. The molecule has 0 aliphatic rings. The van der Waals surface area contributed by atoms with Crippen LogP contribution in [0, 0.1) is 6.92 Å². The van der Waals surface area contributed by atoms with Gasteiger partial charge in [0.2, 0.25) is 0 Å². The summed E-state index contributed by atoms with van der Waals surface area (Å²) in [7, 11) is 3.12. The minimum absolute atomic E-state index is 0.310. The van der Waals surface area contributed by atoms with Gasteiger partial charge in [-0.3, -0.25) is 15.6 Å². The van der Waals surface area contributed by atoms with Crippen molar-refractivity contribution in [2.24, 2.45) is 0 Å². The number of nitrogens with one attached hydrogen (secondary N) is 3. The van der Waals surface area contributed by atoms with E-state index in [1.807, 2.05) is 37.3 Å². The molecule has 0 fully saturated rings. The molecule has 0 aromatic heterocycles. The summed E-state index contributed by atoms with van der Waals surface area (Å²) in [4.78, 5) is 12.1. The lowest BCUT2D eigenvalue weighted by Crippen LogP contribution is -2.43. The number of hydrazine groups is 1. The van der Waals surface area contributed by atoms with Crippen molar-refractivity contribution in [2.75, 3.05) is 19.5 Å². The first-order chi connectivity index (χ1) is 13.5. The van der Waals surface area contributed by atoms with E-state index in [0.29, 0.717) is 16.6 Å². The highest BCUT2D eigenvalue weighted by Gasteiger charge is 2.08. The van der Waals surface area contributed by atoms with Crippen LogP contribution in [0.5, 0.6) is 11.5 Å². The van der Waals surface area contributed by atoms with Crippen molar-refractivity contribution in [3.05, 3.63) is 59.2 Å². The van der Waals surface area contributed by atoms with E-state index in [0.717, 1.165) is 28.8 Å². The first-order valence-corrected chi connectivity index (χ1v) is 9.25. The Morgan fingerprint density at radius 1 is 1.11 bits per heavy atom. The number of hydrogen-bond acceptors (Lipinski definition) is 4. The molecule has 0 unspecified atom stereocenters. The molecule has 0 bridgehead atoms. The highest BCUT2D eigenvalue weighted by molar-refractivity contribution is 7.80. The molecule has 7 heteroatoms. The summed E-state index contributed by atoms with van der Waals surface area (Å²) >= 11 is 5.27. The second-order valence-electron chi connectivity index (χ2n) is 5.95. The number of aryl methyl sites for hydroxylation is 2. The molecular weight excluding hydrogens is 374 g/mol. The van der Waals surface area contributed by atoms with Crippen molar-refractivity contribution in [1.82, 2.24) is 10.9 Å². The van der Waals surface area contributed by atoms with Gasteiger partial charge in [-0.15, -0.1) is 0 Å². The summed E-state index contributed by atoms with van der Waals surface area (Å²) in [6.07, 6.45) is 3.91. The molecule has 2 aromatic rings. The lowest BCUT2D eigenvalue weighted by molar-refractivity contribution is -0.116. The number of thiocarbonyl (C=S) groups is 1. The number of hydrogen-bond donors (Lipinski definition) is 3. The molecule has 0 aliphatic heterocycles. The number of amides is 1. The van der Waals surface area contributed by atoms with Crippen molar-refractivity contribution >= 4 is 35.0 Å². The molecule has 0 aliphatic carbocycles. The van der Waals surface area contributed by atoms with Gasteiger partial charge in [-0.05, 0) is 48.8 Å². The highest BCUT2D eigenvalue weighted by atomic mass is 32.1. The van der Waals surface area contributed by atoms with Gasteiger partial charge >= 0.3 is 0 Å². The van der Waals surface area contributed by atoms with E-state index in [9.17, 15) is 4.79 Å². The molecule has 1 amide bonds. The molecule has 3 N–H and O–H groups in total. The smallest absolute Gasteiger partial charge is 0.262 e. The van der Waals surface area contributed by atoms with Gasteiger partial charge in [-0.1, -0.05) is 37.3 Å². The number of rotatable bonds is 6. The van der Waals surface area contributed by atoms with Crippen LogP contribution in [0.25, 0.3) is 6.08 Å². The second kappa shape index (κ2) is 10.3. The van der Waals surface area contributed by atoms with Crippen molar-refractivity contribution in [2.45, 2.75) is 20.3 Å². The van der Waals surface area contributed by atoms with E-state index >= 15 is 0 Å². The fourth-order valence-electron chi connectivity index (χ4n) is 2.72. The van der Waals surface area contributed by atoms with E-state index in [-0.39, 0.29) is 5.91 Å². The zero-order chi connectivity index (χ0) is 20.5. The van der Waals surface area contributed by atoms with Crippen molar-refractivity contribution < 1.29 is 14.3 Å². The predicted molar refractivity (Wildman–Crippen MR) is 117 cm³/mol. The Kier molecular flexibility index (Phi) is 7.83. The minimum Gasteiger partial charge on any atom is -0.493 e. The van der Waals surface area contributed by atoms with Gasteiger partial charge < -0.3 is 14.8 Å². The number of para-hydroxylation sites is 2. The van der Waals surface area contributed by atoms with Gasteiger partial charge in [0.15, 0.2) is 16.6 Å². The lowest BCUT2D eigenvalue weighted by atomic mass is 10.1.